The number of rotatable bonds is 8. The molecular weight excluding hydrogens is 266 g/mol. The van der Waals surface area contributed by atoms with Crippen LogP contribution < -0.4 is 5.32 Å². The summed E-state index contributed by atoms with van der Waals surface area (Å²) in [6.45, 7) is 2.73. The lowest BCUT2D eigenvalue weighted by Gasteiger charge is -2.35. The molecule has 0 aromatic carbocycles. The Balaban J connectivity index is 1.38. The zero-order valence-corrected chi connectivity index (χ0v) is 13.2. The molecule has 1 aliphatic heterocycles. The van der Waals surface area contributed by atoms with E-state index in [-0.39, 0.29) is 12.1 Å². The largest absolute Gasteiger partial charge is 0.394 e. The van der Waals surface area contributed by atoms with Crippen LogP contribution in [-0.4, -0.2) is 49.2 Å². The average molecular weight is 297 g/mol. The quantitative estimate of drug-likeness (QED) is 0.675. The molecule has 2 saturated carbocycles. The van der Waals surface area contributed by atoms with Crippen molar-refractivity contribution in [2.75, 3.05) is 26.4 Å². The smallest absolute Gasteiger partial charge is 0.0808 e. The summed E-state index contributed by atoms with van der Waals surface area (Å²) in [5.41, 5.74) is -0.0220. The van der Waals surface area contributed by atoms with E-state index in [9.17, 15) is 5.11 Å². The summed E-state index contributed by atoms with van der Waals surface area (Å²) < 4.78 is 11.6. The molecule has 0 aromatic rings. The maximum absolute atomic E-state index is 9.90. The fourth-order valence-corrected chi connectivity index (χ4v) is 4.02. The van der Waals surface area contributed by atoms with Gasteiger partial charge in [0.15, 0.2) is 0 Å². The summed E-state index contributed by atoms with van der Waals surface area (Å²) in [5.74, 6) is 0.565. The molecule has 0 amide bonds. The van der Waals surface area contributed by atoms with Gasteiger partial charge in [0.1, 0.15) is 0 Å². The van der Waals surface area contributed by atoms with Crippen LogP contribution in [0.25, 0.3) is 0 Å². The second-order valence-electron chi connectivity index (χ2n) is 7.17. The van der Waals surface area contributed by atoms with Crippen molar-refractivity contribution in [3.05, 3.63) is 0 Å². The molecule has 4 nitrogen and oxygen atoms in total. The first-order valence-corrected chi connectivity index (χ1v) is 8.90. The van der Waals surface area contributed by atoms with Crippen LogP contribution in [0.1, 0.15) is 57.8 Å². The Morgan fingerprint density at radius 1 is 1.14 bits per heavy atom. The highest BCUT2D eigenvalue weighted by molar-refractivity contribution is 5.02. The van der Waals surface area contributed by atoms with Crippen molar-refractivity contribution in [3.63, 3.8) is 0 Å². The Bertz CT molecular complexity index is 315. The van der Waals surface area contributed by atoms with E-state index in [1.165, 1.54) is 38.5 Å². The first-order chi connectivity index (χ1) is 10.3. The molecule has 4 heteroatoms. The molecule has 0 radical (unpaired) electrons. The number of hydrogen-bond donors (Lipinski definition) is 2. The first-order valence-electron chi connectivity index (χ1n) is 8.90. The average Bonchev–Trinajstić information content (AvgIpc) is 3.24. The molecule has 2 aliphatic carbocycles. The van der Waals surface area contributed by atoms with Gasteiger partial charge in [-0.2, -0.15) is 0 Å². The van der Waals surface area contributed by atoms with Crippen molar-refractivity contribution < 1.29 is 14.6 Å². The van der Waals surface area contributed by atoms with Crippen molar-refractivity contribution in [1.82, 2.24) is 5.32 Å². The minimum Gasteiger partial charge on any atom is -0.394 e. The summed E-state index contributed by atoms with van der Waals surface area (Å²) in [6.07, 6.45) is 11.1. The molecule has 3 rings (SSSR count). The number of ether oxygens (including phenoxy) is 2. The third-order valence-corrected chi connectivity index (χ3v) is 5.50. The van der Waals surface area contributed by atoms with E-state index in [2.05, 4.69) is 5.32 Å². The van der Waals surface area contributed by atoms with Crippen LogP contribution in [0.15, 0.2) is 0 Å². The maximum Gasteiger partial charge on any atom is 0.0808 e. The second kappa shape index (κ2) is 7.40. The molecule has 0 spiro atoms. The SMILES string of the molecule is OCC1(NC2CC2)CCCC1CCOCC1CCCCO1. The van der Waals surface area contributed by atoms with Gasteiger partial charge in [-0.15, -0.1) is 0 Å². The number of nitrogens with one attached hydrogen (secondary N) is 1. The van der Waals surface area contributed by atoms with E-state index < -0.39 is 0 Å². The lowest BCUT2D eigenvalue weighted by atomic mass is 9.85. The van der Waals surface area contributed by atoms with Gasteiger partial charge in [0.05, 0.1) is 19.3 Å². The van der Waals surface area contributed by atoms with E-state index in [1.807, 2.05) is 0 Å². The molecule has 2 N–H and O–H groups in total. The summed E-state index contributed by atoms with van der Waals surface area (Å²) in [5, 5.41) is 13.6. The Morgan fingerprint density at radius 3 is 2.76 bits per heavy atom. The van der Waals surface area contributed by atoms with Gasteiger partial charge in [-0.1, -0.05) is 6.42 Å². The standard InChI is InChI=1S/C17H31NO3/c19-13-17(18-15-6-7-15)9-3-4-14(17)8-11-20-12-16-5-1-2-10-21-16/h14-16,18-19H,1-13H2. The zero-order chi connectivity index (χ0) is 14.5. The summed E-state index contributed by atoms with van der Waals surface area (Å²) >= 11 is 0. The van der Waals surface area contributed by atoms with Crippen molar-refractivity contribution in [3.8, 4) is 0 Å². The van der Waals surface area contributed by atoms with Crippen molar-refractivity contribution in [2.24, 2.45) is 5.92 Å². The van der Waals surface area contributed by atoms with Gasteiger partial charge in [-0.25, -0.2) is 0 Å². The van der Waals surface area contributed by atoms with Crippen LogP contribution in [0.3, 0.4) is 0 Å². The molecule has 0 aromatic heterocycles. The maximum atomic E-state index is 9.90. The van der Waals surface area contributed by atoms with E-state index in [0.29, 0.717) is 18.1 Å². The van der Waals surface area contributed by atoms with Crippen LogP contribution in [0, 0.1) is 5.92 Å². The predicted molar refractivity (Wildman–Crippen MR) is 82.3 cm³/mol. The topological polar surface area (TPSA) is 50.7 Å². The molecule has 3 unspecified atom stereocenters. The molecule has 122 valence electrons. The summed E-state index contributed by atoms with van der Waals surface area (Å²) in [7, 11) is 0. The fraction of sp³-hybridized carbons (Fsp3) is 1.00. The normalized spacial score (nSPS) is 37.0. The third-order valence-electron chi connectivity index (χ3n) is 5.50. The fourth-order valence-electron chi connectivity index (χ4n) is 4.02. The van der Waals surface area contributed by atoms with Gasteiger partial charge in [0.2, 0.25) is 0 Å². The molecule has 3 aliphatic rings. The highest BCUT2D eigenvalue weighted by Gasteiger charge is 2.44. The van der Waals surface area contributed by atoms with Crippen molar-refractivity contribution in [2.45, 2.75) is 75.5 Å². The van der Waals surface area contributed by atoms with Crippen LogP contribution in [0.2, 0.25) is 0 Å². The van der Waals surface area contributed by atoms with Gasteiger partial charge in [0, 0.05) is 24.8 Å². The van der Waals surface area contributed by atoms with Crippen molar-refractivity contribution >= 4 is 0 Å². The highest BCUT2D eigenvalue weighted by Crippen LogP contribution is 2.40. The Labute approximate surface area is 128 Å². The van der Waals surface area contributed by atoms with E-state index in [4.69, 9.17) is 9.47 Å². The highest BCUT2D eigenvalue weighted by atomic mass is 16.5. The molecule has 1 saturated heterocycles. The summed E-state index contributed by atoms with van der Waals surface area (Å²) in [6, 6.07) is 0.661. The van der Waals surface area contributed by atoms with Crippen LogP contribution in [-0.2, 0) is 9.47 Å². The summed E-state index contributed by atoms with van der Waals surface area (Å²) in [4.78, 5) is 0. The Hall–Kier alpha value is -0.160. The Kier molecular flexibility index (Phi) is 5.54. The van der Waals surface area contributed by atoms with Gasteiger partial charge >= 0.3 is 0 Å². The van der Waals surface area contributed by atoms with Crippen LogP contribution in [0.4, 0.5) is 0 Å². The monoisotopic (exact) mass is 297 g/mol. The molecule has 0 bridgehead atoms. The van der Waals surface area contributed by atoms with Gasteiger partial charge in [-0.05, 0) is 57.3 Å². The number of hydrogen-bond acceptors (Lipinski definition) is 4. The predicted octanol–water partition coefficient (Wildman–Crippen LogP) is 2.25. The van der Waals surface area contributed by atoms with Crippen molar-refractivity contribution in [1.29, 1.82) is 0 Å². The third kappa shape index (κ3) is 4.19. The molecule has 3 fully saturated rings. The van der Waals surface area contributed by atoms with E-state index in [0.717, 1.165) is 39.1 Å². The van der Waals surface area contributed by atoms with Crippen LogP contribution >= 0.6 is 0 Å². The molecule has 3 atom stereocenters. The van der Waals surface area contributed by atoms with Gasteiger partial charge in [-0.3, -0.25) is 0 Å². The van der Waals surface area contributed by atoms with Gasteiger partial charge < -0.3 is 19.9 Å². The molecule has 21 heavy (non-hydrogen) atoms. The Morgan fingerprint density at radius 2 is 2.05 bits per heavy atom. The lowest BCUT2D eigenvalue weighted by molar-refractivity contribution is -0.0442. The van der Waals surface area contributed by atoms with E-state index in [1.54, 1.807) is 0 Å². The zero-order valence-electron chi connectivity index (χ0n) is 13.2. The first kappa shape index (κ1) is 15.7. The van der Waals surface area contributed by atoms with Gasteiger partial charge in [0.25, 0.3) is 0 Å². The number of aliphatic hydroxyl groups excluding tert-OH is 1. The molecule has 1 heterocycles. The minimum atomic E-state index is -0.0220. The number of aliphatic hydroxyl groups is 1. The molecular formula is C17H31NO3. The lowest BCUT2D eigenvalue weighted by Crippen LogP contribution is -2.52. The minimum absolute atomic E-state index is 0.0220. The van der Waals surface area contributed by atoms with E-state index >= 15 is 0 Å². The second-order valence-corrected chi connectivity index (χ2v) is 7.17. The van der Waals surface area contributed by atoms with Crippen LogP contribution in [0.5, 0.6) is 0 Å².